The molecule has 0 aliphatic heterocycles. The first-order valence-corrected chi connectivity index (χ1v) is 8.70. The summed E-state index contributed by atoms with van der Waals surface area (Å²) in [5, 5.41) is 4.59. The highest BCUT2D eigenvalue weighted by molar-refractivity contribution is 7.98. The largest absolute Gasteiger partial charge is 0.351 e. The molecule has 1 aromatic rings. The first-order valence-electron chi connectivity index (χ1n) is 6.49. The molecular formula is C13H25N3S2. The topological polar surface area (TPSA) is 28.2 Å². The number of rotatable bonds is 9. The number of thioether (sulfide) groups is 1. The van der Waals surface area contributed by atoms with E-state index >= 15 is 0 Å². The molecule has 104 valence electrons. The van der Waals surface area contributed by atoms with Crippen LogP contribution in [0.2, 0.25) is 0 Å². The normalized spacial score (nSPS) is 11.2. The molecular weight excluding hydrogens is 262 g/mol. The van der Waals surface area contributed by atoms with Gasteiger partial charge in [0.2, 0.25) is 0 Å². The molecule has 0 aromatic carbocycles. The molecule has 0 radical (unpaired) electrons. The zero-order chi connectivity index (χ0) is 13.4. The summed E-state index contributed by atoms with van der Waals surface area (Å²) in [6, 6.07) is 0. The van der Waals surface area contributed by atoms with Gasteiger partial charge in [0.05, 0.1) is 0 Å². The Bertz CT molecular complexity index is 326. The van der Waals surface area contributed by atoms with E-state index in [2.05, 4.69) is 42.4 Å². The third-order valence-electron chi connectivity index (χ3n) is 2.56. The van der Waals surface area contributed by atoms with E-state index in [4.69, 9.17) is 0 Å². The Hall–Kier alpha value is -0.260. The minimum Gasteiger partial charge on any atom is -0.351 e. The Labute approximate surface area is 119 Å². The van der Waals surface area contributed by atoms with Crippen molar-refractivity contribution in [1.29, 1.82) is 0 Å². The Morgan fingerprint density at radius 1 is 1.50 bits per heavy atom. The van der Waals surface area contributed by atoms with Gasteiger partial charge >= 0.3 is 0 Å². The van der Waals surface area contributed by atoms with Crippen LogP contribution in [0.3, 0.4) is 0 Å². The van der Waals surface area contributed by atoms with Gasteiger partial charge in [-0.05, 0) is 30.9 Å². The summed E-state index contributed by atoms with van der Waals surface area (Å²) in [5.74, 6) is 1.92. The Morgan fingerprint density at radius 2 is 2.28 bits per heavy atom. The molecule has 0 saturated carbocycles. The van der Waals surface area contributed by atoms with Crippen LogP contribution in [0.4, 0.5) is 5.13 Å². The van der Waals surface area contributed by atoms with E-state index in [1.54, 1.807) is 11.3 Å². The van der Waals surface area contributed by atoms with Crippen LogP contribution >= 0.6 is 23.1 Å². The number of hydrogen-bond acceptors (Lipinski definition) is 5. The van der Waals surface area contributed by atoms with Crippen LogP contribution in [-0.2, 0) is 6.54 Å². The molecule has 0 saturated heterocycles. The van der Waals surface area contributed by atoms with E-state index in [1.165, 1.54) is 17.1 Å². The van der Waals surface area contributed by atoms with Gasteiger partial charge in [0, 0.05) is 31.2 Å². The molecule has 3 nitrogen and oxygen atoms in total. The molecule has 0 unspecified atom stereocenters. The number of anilines is 1. The predicted molar refractivity (Wildman–Crippen MR) is 84.9 cm³/mol. The highest BCUT2D eigenvalue weighted by Crippen LogP contribution is 2.21. The first-order chi connectivity index (χ1) is 8.63. The van der Waals surface area contributed by atoms with Gasteiger partial charge in [0.1, 0.15) is 0 Å². The van der Waals surface area contributed by atoms with Gasteiger partial charge in [-0.2, -0.15) is 11.8 Å². The van der Waals surface area contributed by atoms with Gasteiger partial charge in [0.15, 0.2) is 5.13 Å². The van der Waals surface area contributed by atoms with Crippen LogP contribution in [0.25, 0.3) is 0 Å². The maximum absolute atomic E-state index is 4.49. The molecule has 0 atom stereocenters. The molecule has 0 fully saturated rings. The van der Waals surface area contributed by atoms with Crippen molar-refractivity contribution in [2.24, 2.45) is 5.92 Å². The second kappa shape index (κ2) is 8.77. The van der Waals surface area contributed by atoms with Crippen molar-refractivity contribution in [3.8, 4) is 0 Å². The van der Waals surface area contributed by atoms with Crippen LogP contribution in [0, 0.1) is 5.92 Å². The summed E-state index contributed by atoms with van der Waals surface area (Å²) in [5.41, 5.74) is 0. The number of thiazole rings is 1. The predicted octanol–water partition coefficient (Wildman–Crippen LogP) is 3.08. The van der Waals surface area contributed by atoms with Crippen LogP contribution in [0.5, 0.6) is 0 Å². The van der Waals surface area contributed by atoms with Gasteiger partial charge < -0.3 is 10.2 Å². The fourth-order valence-corrected chi connectivity index (χ4v) is 2.87. The second-order valence-corrected chi connectivity index (χ2v) is 6.98. The lowest BCUT2D eigenvalue weighted by atomic mass is 10.2. The van der Waals surface area contributed by atoms with Crippen molar-refractivity contribution in [2.45, 2.75) is 26.8 Å². The molecule has 1 N–H and O–H groups in total. The maximum Gasteiger partial charge on any atom is 0.185 e. The molecule has 18 heavy (non-hydrogen) atoms. The average Bonchev–Trinajstić information content (AvgIpc) is 2.77. The van der Waals surface area contributed by atoms with Crippen molar-refractivity contribution in [3.63, 3.8) is 0 Å². The molecule has 5 heteroatoms. The summed E-state index contributed by atoms with van der Waals surface area (Å²) < 4.78 is 0. The SMILES string of the molecule is CSCCCN(C)c1ncc(CNCC(C)C)s1. The lowest BCUT2D eigenvalue weighted by Crippen LogP contribution is -2.19. The summed E-state index contributed by atoms with van der Waals surface area (Å²) >= 11 is 3.70. The molecule has 1 rings (SSSR count). The number of nitrogens with one attached hydrogen (secondary N) is 1. The van der Waals surface area contributed by atoms with E-state index < -0.39 is 0 Å². The fourth-order valence-electron chi connectivity index (χ4n) is 1.58. The summed E-state index contributed by atoms with van der Waals surface area (Å²) in [7, 11) is 2.13. The van der Waals surface area contributed by atoms with E-state index in [0.29, 0.717) is 5.92 Å². The highest BCUT2D eigenvalue weighted by Gasteiger charge is 2.06. The van der Waals surface area contributed by atoms with Crippen molar-refractivity contribution >= 4 is 28.2 Å². The average molecular weight is 287 g/mol. The van der Waals surface area contributed by atoms with Crippen LogP contribution in [0.15, 0.2) is 6.20 Å². The summed E-state index contributed by atoms with van der Waals surface area (Å²) in [4.78, 5) is 8.07. The maximum atomic E-state index is 4.49. The molecule has 0 aliphatic carbocycles. The van der Waals surface area contributed by atoms with Gasteiger partial charge in [0.25, 0.3) is 0 Å². The number of aromatic nitrogens is 1. The molecule has 1 aromatic heterocycles. The Kier molecular flexibility index (Phi) is 7.70. The second-order valence-electron chi connectivity index (χ2n) is 4.90. The minimum absolute atomic E-state index is 0.701. The lowest BCUT2D eigenvalue weighted by molar-refractivity contribution is 0.554. The zero-order valence-corrected chi connectivity index (χ0v) is 13.5. The van der Waals surface area contributed by atoms with E-state index in [0.717, 1.165) is 24.8 Å². The van der Waals surface area contributed by atoms with Crippen LogP contribution < -0.4 is 10.2 Å². The van der Waals surface area contributed by atoms with E-state index in [-0.39, 0.29) is 0 Å². The standard InChI is InChI=1S/C13H25N3S2/c1-11(2)8-14-9-12-10-15-13(18-12)16(3)6-5-7-17-4/h10-11,14H,5-9H2,1-4H3. The number of nitrogens with zero attached hydrogens (tertiary/aromatic N) is 2. The molecule has 0 spiro atoms. The fraction of sp³-hybridized carbons (Fsp3) is 0.769. The van der Waals surface area contributed by atoms with Crippen LogP contribution in [0.1, 0.15) is 25.1 Å². The first kappa shape index (κ1) is 15.8. The quantitative estimate of drug-likeness (QED) is 0.707. The monoisotopic (exact) mass is 287 g/mol. The van der Waals surface area contributed by atoms with Crippen molar-refractivity contribution in [3.05, 3.63) is 11.1 Å². The van der Waals surface area contributed by atoms with E-state index in [1.807, 2.05) is 18.0 Å². The van der Waals surface area contributed by atoms with E-state index in [9.17, 15) is 0 Å². The van der Waals surface area contributed by atoms with Gasteiger partial charge in [-0.3, -0.25) is 0 Å². The smallest absolute Gasteiger partial charge is 0.185 e. The van der Waals surface area contributed by atoms with Crippen molar-refractivity contribution in [1.82, 2.24) is 10.3 Å². The minimum atomic E-state index is 0.701. The molecule has 0 aliphatic rings. The zero-order valence-electron chi connectivity index (χ0n) is 11.9. The number of hydrogen-bond donors (Lipinski definition) is 1. The van der Waals surface area contributed by atoms with Crippen molar-refractivity contribution < 1.29 is 0 Å². The summed E-state index contributed by atoms with van der Waals surface area (Å²) in [6.07, 6.45) is 5.37. The Balaban J connectivity index is 2.32. The van der Waals surface area contributed by atoms with Crippen molar-refractivity contribution in [2.75, 3.05) is 37.0 Å². The molecule has 0 amide bonds. The lowest BCUT2D eigenvalue weighted by Gasteiger charge is -2.14. The molecule has 0 bridgehead atoms. The third-order valence-corrected chi connectivity index (χ3v) is 4.37. The molecule has 1 heterocycles. The van der Waals surface area contributed by atoms with Gasteiger partial charge in [-0.1, -0.05) is 13.8 Å². The highest BCUT2D eigenvalue weighted by atomic mass is 32.2. The summed E-state index contributed by atoms with van der Waals surface area (Å²) in [6.45, 7) is 7.55. The Morgan fingerprint density at radius 3 is 2.94 bits per heavy atom. The van der Waals surface area contributed by atoms with Gasteiger partial charge in [-0.25, -0.2) is 4.98 Å². The van der Waals surface area contributed by atoms with Gasteiger partial charge in [-0.15, -0.1) is 11.3 Å². The van der Waals surface area contributed by atoms with Crippen LogP contribution in [-0.4, -0.2) is 37.1 Å². The third kappa shape index (κ3) is 6.07.